The SMILES string of the molecule is CCOc1cc(C#N)ccc1Oc1ncnc2sccc12. The first-order chi connectivity index (χ1) is 10.3. The van der Waals surface area contributed by atoms with E-state index in [0.29, 0.717) is 29.5 Å². The zero-order valence-corrected chi connectivity index (χ0v) is 12.1. The molecule has 0 unspecified atom stereocenters. The number of ether oxygens (including phenoxy) is 2. The van der Waals surface area contributed by atoms with Crippen LogP contribution in [-0.2, 0) is 0 Å². The van der Waals surface area contributed by atoms with Gasteiger partial charge < -0.3 is 9.47 Å². The lowest BCUT2D eigenvalue weighted by Crippen LogP contribution is -1.97. The van der Waals surface area contributed by atoms with E-state index >= 15 is 0 Å². The van der Waals surface area contributed by atoms with E-state index in [-0.39, 0.29) is 0 Å². The smallest absolute Gasteiger partial charge is 0.231 e. The third kappa shape index (κ3) is 2.64. The van der Waals surface area contributed by atoms with Gasteiger partial charge in [0.05, 0.1) is 23.6 Å². The highest BCUT2D eigenvalue weighted by Crippen LogP contribution is 2.35. The van der Waals surface area contributed by atoms with Gasteiger partial charge in [-0.2, -0.15) is 5.26 Å². The lowest BCUT2D eigenvalue weighted by atomic mass is 10.2. The van der Waals surface area contributed by atoms with Gasteiger partial charge in [0.2, 0.25) is 5.88 Å². The Morgan fingerprint density at radius 3 is 2.95 bits per heavy atom. The normalized spacial score (nSPS) is 10.3. The maximum absolute atomic E-state index is 8.96. The van der Waals surface area contributed by atoms with Crippen molar-refractivity contribution in [1.82, 2.24) is 9.97 Å². The number of benzene rings is 1. The van der Waals surface area contributed by atoms with Gasteiger partial charge in [-0.25, -0.2) is 9.97 Å². The van der Waals surface area contributed by atoms with Crippen LogP contribution in [0.3, 0.4) is 0 Å². The Kier molecular flexibility index (Phi) is 3.67. The van der Waals surface area contributed by atoms with Crippen molar-refractivity contribution in [3.63, 3.8) is 0 Å². The quantitative estimate of drug-likeness (QED) is 0.733. The molecular formula is C15H11N3O2S. The summed E-state index contributed by atoms with van der Waals surface area (Å²) >= 11 is 1.53. The van der Waals surface area contributed by atoms with Crippen LogP contribution in [0.4, 0.5) is 0 Å². The second kappa shape index (κ2) is 5.77. The second-order valence-electron chi connectivity index (χ2n) is 4.13. The number of thiophene rings is 1. The first-order valence-corrected chi connectivity index (χ1v) is 7.22. The first kappa shape index (κ1) is 13.3. The van der Waals surface area contributed by atoms with Crippen LogP contribution < -0.4 is 9.47 Å². The predicted molar refractivity (Wildman–Crippen MR) is 79.8 cm³/mol. The molecular weight excluding hydrogens is 286 g/mol. The van der Waals surface area contributed by atoms with Crippen LogP contribution in [-0.4, -0.2) is 16.6 Å². The topological polar surface area (TPSA) is 68.0 Å². The van der Waals surface area contributed by atoms with Crippen molar-refractivity contribution in [2.24, 2.45) is 0 Å². The highest BCUT2D eigenvalue weighted by molar-refractivity contribution is 7.16. The molecule has 1 aromatic carbocycles. The minimum Gasteiger partial charge on any atom is -0.490 e. The molecule has 0 radical (unpaired) electrons. The lowest BCUT2D eigenvalue weighted by Gasteiger charge is -2.11. The molecule has 0 aliphatic rings. The maximum atomic E-state index is 8.96. The molecule has 0 aliphatic carbocycles. The van der Waals surface area contributed by atoms with Gasteiger partial charge in [-0.1, -0.05) is 0 Å². The fraction of sp³-hybridized carbons (Fsp3) is 0.133. The van der Waals surface area contributed by atoms with Crippen molar-refractivity contribution in [2.75, 3.05) is 6.61 Å². The Morgan fingerprint density at radius 1 is 1.24 bits per heavy atom. The third-order valence-corrected chi connectivity index (χ3v) is 3.63. The Morgan fingerprint density at radius 2 is 2.14 bits per heavy atom. The largest absolute Gasteiger partial charge is 0.490 e. The number of fused-ring (bicyclic) bond motifs is 1. The summed E-state index contributed by atoms with van der Waals surface area (Å²) in [7, 11) is 0. The summed E-state index contributed by atoms with van der Waals surface area (Å²) in [4.78, 5) is 9.22. The molecule has 0 saturated heterocycles. The number of rotatable bonds is 4. The van der Waals surface area contributed by atoms with E-state index in [1.54, 1.807) is 18.2 Å². The summed E-state index contributed by atoms with van der Waals surface area (Å²) in [6.45, 7) is 2.37. The molecule has 2 heterocycles. The van der Waals surface area contributed by atoms with Crippen molar-refractivity contribution in [3.05, 3.63) is 41.5 Å². The maximum Gasteiger partial charge on any atom is 0.231 e. The van der Waals surface area contributed by atoms with Gasteiger partial charge in [-0.05, 0) is 30.5 Å². The Hall–Kier alpha value is -2.65. The molecule has 6 heteroatoms. The van der Waals surface area contributed by atoms with Crippen LogP contribution in [0.1, 0.15) is 12.5 Å². The molecule has 0 atom stereocenters. The molecule has 5 nitrogen and oxygen atoms in total. The van der Waals surface area contributed by atoms with Gasteiger partial charge >= 0.3 is 0 Å². The van der Waals surface area contributed by atoms with Crippen molar-refractivity contribution in [2.45, 2.75) is 6.92 Å². The molecule has 3 aromatic rings. The highest BCUT2D eigenvalue weighted by atomic mass is 32.1. The number of nitrogens with zero attached hydrogens (tertiary/aromatic N) is 3. The lowest BCUT2D eigenvalue weighted by molar-refractivity contribution is 0.320. The molecule has 0 amide bonds. The average Bonchev–Trinajstić information content (AvgIpc) is 2.99. The van der Waals surface area contributed by atoms with Gasteiger partial charge in [0.15, 0.2) is 11.5 Å². The standard InChI is InChI=1S/C15H11N3O2S/c1-2-19-13-7-10(8-16)3-4-12(13)20-14-11-5-6-21-15(11)18-9-17-14/h3-7,9H,2H2,1H3. The number of hydrogen-bond donors (Lipinski definition) is 0. The summed E-state index contributed by atoms with van der Waals surface area (Å²) < 4.78 is 11.4. The summed E-state index contributed by atoms with van der Waals surface area (Å²) in [6, 6.07) is 9.05. The Balaban J connectivity index is 2.01. The van der Waals surface area contributed by atoms with Gasteiger partial charge in [-0.15, -0.1) is 11.3 Å². The van der Waals surface area contributed by atoms with Crippen LogP contribution in [0.25, 0.3) is 10.2 Å². The summed E-state index contributed by atoms with van der Waals surface area (Å²) in [5.41, 5.74) is 0.522. The zero-order chi connectivity index (χ0) is 14.7. The molecule has 0 N–H and O–H groups in total. The second-order valence-corrected chi connectivity index (χ2v) is 5.02. The monoisotopic (exact) mass is 297 g/mol. The van der Waals surface area contributed by atoms with Crippen molar-refractivity contribution >= 4 is 21.6 Å². The van der Waals surface area contributed by atoms with Gasteiger partial charge in [0, 0.05) is 6.07 Å². The van der Waals surface area contributed by atoms with Crippen molar-refractivity contribution < 1.29 is 9.47 Å². The first-order valence-electron chi connectivity index (χ1n) is 6.35. The number of hydrogen-bond acceptors (Lipinski definition) is 6. The van der Waals surface area contributed by atoms with E-state index in [1.807, 2.05) is 18.4 Å². The van der Waals surface area contributed by atoms with E-state index in [9.17, 15) is 0 Å². The van der Waals surface area contributed by atoms with Crippen molar-refractivity contribution in [3.8, 4) is 23.4 Å². The summed E-state index contributed by atoms with van der Waals surface area (Å²) in [5, 5.41) is 11.8. The van der Waals surface area contributed by atoms with Crippen molar-refractivity contribution in [1.29, 1.82) is 5.26 Å². The van der Waals surface area contributed by atoms with Gasteiger partial charge in [-0.3, -0.25) is 0 Å². The Bertz CT molecular complexity index is 823. The number of nitriles is 1. The van der Waals surface area contributed by atoms with Crippen LogP contribution in [0.2, 0.25) is 0 Å². The molecule has 2 aromatic heterocycles. The molecule has 0 aliphatic heterocycles. The molecule has 0 saturated carbocycles. The van der Waals surface area contributed by atoms with E-state index in [1.165, 1.54) is 17.7 Å². The minimum atomic E-state index is 0.479. The fourth-order valence-corrected chi connectivity index (χ4v) is 2.61. The highest BCUT2D eigenvalue weighted by Gasteiger charge is 2.11. The van der Waals surface area contributed by atoms with Crippen LogP contribution in [0, 0.1) is 11.3 Å². The fourth-order valence-electron chi connectivity index (χ4n) is 1.88. The molecule has 104 valence electrons. The molecule has 3 rings (SSSR count). The van der Waals surface area contributed by atoms with Crippen LogP contribution in [0.15, 0.2) is 36.0 Å². The molecule has 0 fully saturated rings. The average molecular weight is 297 g/mol. The molecule has 0 spiro atoms. The van der Waals surface area contributed by atoms with Gasteiger partial charge in [0.1, 0.15) is 11.2 Å². The minimum absolute atomic E-state index is 0.479. The van der Waals surface area contributed by atoms with E-state index < -0.39 is 0 Å². The zero-order valence-electron chi connectivity index (χ0n) is 11.2. The molecule has 0 bridgehead atoms. The summed E-state index contributed by atoms with van der Waals surface area (Å²) in [6.07, 6.45) is 1.47. The molecule has 21 heavy (non-hydrogen) atoms. The van der Waals surface area contributed by atoms with Gasteiger partial charge in [0.25, 0.3) is 0 Å². The Labute approximate surface area is 125 Å². The predicted octanol–water partition coefficient (Wildman–Crippen LogP) is 3.75. The van der Waals surface area contributed by atoms with E-state index in [2.05, 4.69) is 16.0 Å². The third-order valence-electron chi connectivity index (χ3n) is 2.80. The van der Waals surface area contributed by atoms with E-state index in [0.717, 1.165) is 10.2 Å². The van der Waals surface area contributed by atoms with Crippen LogP contribution >= 0.6 is 11.3 Å². The van der Waals surface area contributed by atoms with E-state index in [4.69, 9.17) is 14.7 Å². The summed E-state index contributed by atoms with van der Waals surface area (Å²) in [5.74, 6) is 1.53. The number of aromatic nitrogens is 2. The van der Waals surface area contributed by atoms with Crippen LogP contribution in [0.5, 0.6) is 17.4 Å².